The van der Waals surface area contributed by atoms with Gasteiger partial charge in [-0.3, -0.25) is 4.57 Å². The lowest BCUT2D eigenvalue weighted by Crippen LogP contribution is -1.96. The second-order valence-corrected chi connectivity index (χ2v) is 7.95. The number of methoxy groups -OCH3 is 1. The molecule has 0 aliphatic carbocycles. The highest BCUT2D eigenvalue weighted by Gasteiger charge is 2.16. The van der Waals surface area contributed by atoms with E-state index in [2.05, 4.69) is 58.1 Å². The summed E-state index contributed by atoms with van der Waals surface area (Å²) < 4.78 is 10.3. The summed E-state index contributed by atoms with van der Waals surface area (Å²) in [6, 6.07) is 25.5. The molecule has 6 rings (SSSR count). The summed E-state index contributed by atoms with van der Waals surface area (Å²) in [5.74, 6) is 1.76. The Labute approximate surface area is 165 Å². The van der Waals surface area contributed by atoms with E-state index in [1.165, 1.54) is 36.5 Å². The first-order chi connectivity index (χ1) is 13.8. The quantitative estimate of drug-likeness (QED) is 0.340. The molecular formula is C24H16N2OS. The summed E-state index contributed by atoms with van der Waals surface area (Å²) in [5, 5.41) is 5.07. The minimum absolute atomic E-state index is 0.847. The molecule has 0 aliphatic heterocycles. The number of rotatable bonds is 2. The average molecular weight is 380 g/mol. The SMILES string of the molecule is COc1ccc2c3cc4c(cc3n(-c3ccccn3)c2c1)sc1ccccc14. The van der Waals surface area contributed by atoms with Gasteiger partial charge in [0.05, 0.1) is 18.1 Å². The van der Waals surface area contributed by atoms with Crippen molar-refractivity contribution in [2.75, 3.05) is 7.11 Å². The van der Waals surface area contributed by atoms with Gasteiger partial charge in [0, 0.05) is 43.2 Å². The summed E-state index contributed by atoms with van der Waals surface area (Å²) in [6.07, 6.45) is 1.84. The fraction of sp³-hybridized carbons (Fsp3) is 0.0417. The van der Waals surface area contributed by atoms with Crippen molar-refractivity contribution in [2.45, 2.75) is 0 Å². The monoisotopic (exact) mass is 380 g/mol. The Bertz CT molecular complexity index is 1500. The van der Waals surface area contributed by atoms with Gasteiger partial charge in [0.25, 0.3) is 0 Å². The minimum atomic E-state index is 0.847. The van der Waals surface area contributed by atoms with Gasteiger partial charge in [-0.2, -0.15) is 0 Å². The molecule has 134 valence electrons. The molecule has 3 aromatic carbocycles. The van der Waals surface area contributed by atoms with Gasteiger partial charge in [-0.15, -0.1) is 11.3 Å². The van der Waals surface area contributed by atoms with Crippen LogP contribution in [0.4, 0.5) is 0 Å². The number of hydrogen-bond acceptors (Lipinski definition) is 3. The van der Waals surface area contributed by atoms with Crippen LogP contribution in [0.1, 0.15) is 0 Å². The van der Waals surface area contributed by atoms with Crippen molar-refractivity contribution in [3.05, 3.63) is 79.0 Å². The van der Waals surface area contributed by atoms with Crippen molar-refractivity contribution in [1.82, 2.24) is 9.55 Å². The van der Waals surface area contributed by atoms with Gasteiger partial charge in [0.1, 0.15) is 11.6 Å². The standard InChI is InChI=1S/C24H16N2OS/c1-27-15-9-10-16-18-13-19-17-6-2-3-7-22(17)28-23(19)14-21(18)26(20(16)12-15)24-8-4-5-11-25-24/h2-14H,1H3. The number of fused-ring (bicyclic) bond motifs is 6. The highest BCUT2D eigenvalue weighted by molar-refractivity contribution is 7.25. The first-order valence-electron chi connectivity index (χ1n) is 9.18. The van der Waals surface area contributed by atoms with E-state index in [-0.39, 0.29) is 0 Å². The molecule has 3 heterocycles. The molecule has 0 aliphatic rings. The summed E-state index contributed by atoms with van der Waals surface area (Å²) in [4.78, 5) is 4.63. The maximum atomic E-state index is 5.50. The van der Waals surface area contributed by atoms with Crippen molar-refractivity contribution >= 4 is 53.3 Å². The Morgan fingerprint density at radius 3 is 2.46 bits per heavy atom. The number of thiophene rings is 1. The van der Waals surface area contributed by atoms with E-state index < -0.39 is 0 Å². The number of aromatic nitrogens is 2. The van der Waals surface area contributed by atoms with E-state index in [0.717, 1.165) is 17.1 Å². The van der Waals surface area contributed by atoms with Gasteiger partial charge < -0.3 is 4.74 Å². The van der Waals surface area contributed by atoms with E-state index in [1.807, 2.05) is 41.8 Å². The topological polar surface area (TPSA) is 27.1 Å². The normalized spacial score (nSPS) is 11.8. The molecular weight excluding hydrogens is 364 g/mol. The molecule has 0 radical (unpaired) electrons. The van der Waals surface area contributed by atoms with Crippen LogP contribution in [0.2, 0.25) is 0 Å². The zero-order chi connectivity index (χ0) is 18.7. The number of ether oxygens (including phenoxy) is 1. The zero-order valence-electron chi connectivity index (χ0n) is 15.2. The summed E-state index contributed by atoms with van der Waals surface area (Å²) in [7, 11) is 1.71. The second-order valence-electron chi connectivity index (χ2n) is 6.87. The van der Waals surface area contributed by atoms with Crippen LogP contribution in [0.25, 0.3) is 47.8 Å². The average Bonchev–Trinajstić information content (AvgIpc) is 3.27. The highest BCUT2D eigenvalue weighted by atomic mass is 32.1. The minimum Gasteiger partial charge on any atom is -0.497 e. The predicted octanol–water partition coefficient (Wildman–Crippen LogP) is 6.56. The van der Waals surface area contributed by atoms with Crippen LogP contribution in [0.3, 0.4) is 0 Å². The Kier molecular flexibility index (Phi) is 3.25. The van der Waals surface area contributed by atoms with Crippen LogP contribution < -0.4 is 4.74 Å². The molecule has 0 saturated heterocycles. The Morgan fingerprint density at radius 1 is 0.750 bits per heavy atom. The molecule has 0 unspecified atom stereocenters. The molecule has 6 aromatic rings. The van der Waals surface area contributed by atoms with Crippen LogP contribution in [-0.4, -0.2) is 16.7 Å². The number of benzene rings is 3. The Morgan fingerprint density at radius 2 is 1.61 bits per heavy atom. The maximum absolute atomic E-state index is 5.50. The van der Waals surface area contributed by atoms with E-state index in [0.29, 0.717) is 0 Å². The van der Waals surface area contributed by atoms with Crippen molar-refractivity contribution < 1.29 is 4.74 Å². The van der Waals surface area contributed by atoms with Crippen molar-refractivity contribution in [1.29, 1.82) is 0 Å². The Hall–Kier alpha value is -3.37. The maximum Gasteiger partial charge on any atom is 0.137 e. The molecule has 3 aromatic heterocycles. The molecule has 0 fully saturated rings. The molecule has 0 N–H and O–H groups in total. The molecule has 0 spiro atoms. The smallest absolute Gasteiger partial charge is 0.137 e. The summed E-state index contributed by atoms with van der Waals surface area (Å²) in [5.41, 5.74) is 2.27. The molecule has 0 atom stereocenters. The molecule has 0 saturated carbocycles. The summed E-state index contributed by atoms with van der Waals surface area (Å²) in [6.45, 7) is 0. The third kappa shape index (κ3) is 2.12. The number of pyridine rings is 1. The van der Waals surface area contributed by atoms with Gasteiger partial charge in [0.2, 0.25) is 0 Å². The Balaban J connectivity index is 1.83. The van der Waals surface area contributed by atoms with Gasteiger partial charge in [-0.1, -0.05) is 24.3 Å². The fourth-order valence-electron chi connectivity index (χ4n) is 4.08. The van der Waals surface area contributed by atoms with Gasteiger partial charge >= 0.3 is 0 Å². The highest BCUT2D eigenvalue weighted by Crippen LogP contribution is 2.40. The first kappa shape index (κ1) is 15.7. The lowest BCUT2D eigenvalue weighted by atomic mass is 10.1. The fourth-order valence-corrected chi connectivity index (χ4v) is 5.20. The third-order valence-electron chi connectivity index (χ3n) is 5.35. The van der Waals surface area contributed by atoms with Crippen LogP contribution in [0.15, 0.2) is 79.0 Å². The van der Waals surface area contributed by atoms with E-state index >= 15 is 0 Å². The van der Waals surface area contributed by atoms with Crippen molar-refractivity contribution in [2.24, 2.45) is 0 Å². The van der Waals surface area contributed by atoms with E-state index in [9.17, 15) is 0 Å². The predicted molar refractivity (Wildman–Crippen MR) is 118 cm³/mol. The summed E-state index contributed by atoms with van der Waals surface area (Å²) >= 11 is 1.84. The molecule has 0 bridgehead atoms. The van der Waals surface area contributed by atoms with Crippen molar-refractivity contribution in [3.63, 3.8) is 0 Å². The van der Waals surface area contributed by atoms with Crippen LogP contribution in [0.5, 0.6) is 5.75 Å². The third-order valence-corrected chi connectivity index (χ3v) is 6.48. The van der Waals surface area contributed by atoms with Crippen molar-refractivity contribution in [3.8, 4) is 11.6 Å². The van der Waals surface area contributed by atoms with Crippen LogP contribution >= 0.6 is 11.3 Å². The van der Waals surface area contributed by atoms with Gasteiger partial charge in [-0.05, 0) is 42.5 Å². The van der Waals surface area contributed by atoms with E-state index in [4.69, 9.17) is 4.74 Å². The number of hydrogen-bond donors (Lipinski definition) is 0. The lowest BCUT2D eigenvalue weighted by molar-refractivity contribution is 0.415. The zero-order valence-corrected chi connectivity index (χ0v) is 16.0. The van der Waals surface area contributed by atoms with Crippen LogP contribution in [-0.2, 0) is 0 Å². The lowest BCUT2D eigenvalue weighted by Gasteiger charge is -2.07. The van der Waals surface area contributed by atoms with Gasteiger partial charge in [0.15, 0.2) is 0 Å². The molecule has 3 nitrogen and oxygen atoms in total. The van der Waals surface area contributed by atoms with Gasteiger partial charge in [-0.25, -0.2) is 4.98 Å². The first-order valence-corrected chi connectivity index (χ1v) is 10.00. The number of nitrogens with zero attached hydrogens (tertiary/aromatic N) is 2. The van der Waals surface area contributed by atoms with Crippen LogP contribution in [0, 0.1) is 0 Å². The van der Waals surface area contributed by atoms with E-state index in [1.54, 1.807) is 7.11 Å². The largest absolute Gasteiger partial charge is 0.497 e. The second kappa shape index (κ2) is 5.81. The molecule has 4 heteroatoms. The molecule has 0 amide bonds. The molecule has 28 heavy (non-hydrogen) atoms.